The van der Waals surface area contributed by atoms with E-state index >= 15 is 0 Å². The molecular formula is C5H9N3. The zero-order valence-corrected chi connectivity index (χ0v) is 5.05. The van der Waals surface area contributed by atoms with Crippen molar-refractivity contribution in [2.24, 2.45) is 5.73 Å². The van der Waals surface area contributed by atoms with Gasteiger partial charge in [0.05, 0.1) is 0 Å². The van der Waals surface area contributed by atoms with Crippen LogP contribution in [0.25, 0.3) is 0 Å². The fourth-order valence-corrected chi connectivity index (χ4v) is 0.307. The molecule has 0 aromatic rings. The molecule has 0 saturated heterocycles. The molecule has 0 unspecified atom stereocenters. The van der Waals surface area contributed by atoms with Crippen LogP contribution in [0.5, 0.6) is 0 Å². The molecule has 0 aliphatic rings. The summed E-state index contributed by atoms with van der Waals surface area (Å²) in [4.78, 5) is 1.72. The molecule has 0 rings (SSSR count). The van der Waals surface area contributed by atoms with Crippen LogP contribution in [0.15, 0.2) is 11.9 Å². The summed E-state index contributed by atoms with van der Waals surface area (Å²) in [5.74, 6) is 0. The molecule has 0 aliphatic heterocycles. The van der Waals surface area contributed by atoms with E-state index in [1.165, 1.54) is 0 Å². The maximum atomic E-state index is 8.11. The Balaban J connectivity index is 3.80. The molecule has 0 aromatic carbocycles. The standard InChI is InChI=1S/C5H9N3/c1-8(2)4-5(7)3-6/h4H,7H2,1-2H3. The molecule has 44 valence electrons. The Bertz CT molecular complexity index is 129. The minimum Gasteiger partial charge on any atom is -0.389 e. The van der Waals surface area contributed by atoms with E-state index in [1.54, 1.807) is 17.2 Å². The van der Waals surface area contributed by atoms with Crippen molar-refractivity contribution in [3.05, 3.63) is 11.9 Å². The third-order valence-corrected chi connectivity index (χ3v) is 0.526. The van der Waals surface area contributed by atoms with E-state index in [2.05, 4.69) is 0 Å². The van der Waals surface area contributed by atoms with Crippen molar-refractivity contribution in [2.75, 3.05) is 14.1 Å². The lowest BCUT2D eigenvalue weighted by molar-refractivity contribution is 0.559. The minimum atomic E-state index is 0.231. The molecule has 0 amide bonds. The highest BCUT2D eigenvalue weighted by Gasteiger charge is 1.82. The monoisotopic (exact) mass is 111 g/mol. The number of allylic oxidation sites excluding steroid dienone is 1. The molecule has 3 nitrogen and oxygen atoms in total. The summed E-state index contributed by atoms with van der Waals surface area (Å²) in [6.07, 6.45) is 1.56. The van der Waals surface area contributed by atoms with Crippen molar-refractivity contribution < 1.29 is 0 Å². The van der Waals surface area contributed by atoms with Crippen molar-refractivity contribution in [3.8, 4) is 6.07 Å². The second-order valence-corrected chi connectivity index (χ2v) is 1.66. The van der Waals surface area contributed by atoms with Gasteiger partial charge in [-0.3, -0.25) is 0 Å². The van der Waals surface area contributed by atoms with Crippen molar-refractivity contribution >= 4 is 0 Å². The number of rotatable bonds is 1. The first-order valence-corrected chi connectivity index (χ1v) is 2.20. The number of nitrogens with two attached hydrogens (primary N) is 1. The zero-order chi connectivity index (χ0) is 6.57. The smallest absolute Gasteiger partial charge is 0.127 e. The molecule has 0 aliphatic carbocycles. The summed E-state index contributed by atoms with van der Waals surface area (Å²) in [7, 11) is 3.62. The van der Waals surface area contributed by atoms with Crippen LogP contribution < -0.4 is 5.73 Å². The predicted molar refractivity (Wildman–Crippen MR) is 31.6 cm³/mol. The first-order valence-electron chi connectivity index (χ1n) is 2.20. The van der Waals surface area contributed by atoms with Crippen molar-refractivity contribution in [3.63, 3.8) is 0 Å². The highest BCUT2D eigenvalue weighted by Crippen LogP contribution is 1.80. The van der Waals surface area contributed by atoms with Gasteiger partial charge < -0.3 is 10.6 Å². The van der Waals surface area contributed by atoms with Gasteiger partial charge in [-0.1, -0.05) is 0 Å². The molecule has 0 fully saturated rings. The number of nitrogens with zero attached hydrogens (tertiary/aromatic N) is 2. The SMILES string of the molecule is CN(C)C=C(N)C#N. The summed E-state index contributed by atoms with van der Waals surface area (Å²) >= 11 is 0. The number of hydrogen-bond donors (Lipinski definition) is 1. The Labute approximate surface area is 49.0 Å². The van der Waals surface area contributed by atoms with Crippen LogP contribution in [0.3, 0.4) is 0 Å². The second-order valence-electron chi connectivity index (χ2n) is 1.66. The van der Waals surface area contributed by atoms with E-state index in [9.17, 15) is 0 Å². The molecule has 0 radical (unpaired) electrons. The van der Waals surface area contributed by atoms with Gasteiger partial charge in [-0.25, -0.2) is 0 Å². The Hall–Kier alpha value is -1.17. The highest BCUT2D eigenvalue weighted by molar-refractivity contribution is 5.14. The molecule has 8 heavy (non-hydrogen) atoms. The lowest BCUT2D eigenvalue weighted by Gasteiger charge is -2.01. The van der Waals surface area contributed by atoms with Gasteiger partial charge in [-0.15, -0.1) is 0 Å². The summed E-state index contributed by atoms with van der Waals surface area (Å²) in [6, 6.07) is 1.79. The zero-order valence-electron chi connectivity index (χ0n) is 5.05. The third-order valence-electron chi connectivity index (χ3n) is 0.526. The van der Waals surface area contributed by atoms with E-state index in [4.69, 9.17) is 11.0 Å². The molecule has 0 saturated carbocycles. The lowest BCUT2D eigenvalue weighted by atomic mass is 10.5. The van der Waals surface area contributed by atoms with E-state index in [1.807, 2.05) is 14.1 Å². The molecule has 3 heteroatoms. The van der Waals surface area contributed by atoms with E-state index in [-0.39, 0.29) is 5.70 Å². The van der Waals surface area contributed by atoms with Crippen LogP contribution >= 0.6 is 0 Å². The van der Waals surface area contributed by atoms with Crippen LogP contribution in [0.4, 0.5) is 0 Å². The Morgan fingerprint density at radius 1 is 1.75 bits per heavy atom. The molecule has 0 spiro atoms. The number of nitriles is 1. The second kappa shape index (κ2) is 2.92. The first kappa shape index (κ1) is 6.83. The van der Waals surface area contributed by atoms with Gasteiger partial charge >= 0.3 is 0 Å². The molecule has 0 atom stereocenters. The van der Waals surface area contributed by atoms with Crippen LogP contribution in [0, 0.1) is 11.3 Å². The average molecular weight is 111 g/mol. The molecule has 0 aromatic heterocycles. The summed E-state index contributed by atoms with van der Waals surface area (Å²) in [5, 5.41) is 8.11. The largest absolute Gasteiger partial charge is 0.389 e. The molecule has 0 bridgehead atoms. The summed E-state index contributed by atoms with van der Waals surface area (Å²) in [6.45, 7) is 0. The van der Waals surface area contributed by atoms with Crippen molar-refractivity contribution in [1.82, 2.24) is 4.90 Å². The van der Waals surface area contributed by atoms with E-state index in [0.29, 0.717) is 0 Å². The van der Waals surface area contributed by atoms with Gasteiger partial charge in [0.2, 0.25) is 0 Å². The topological polar surface area (TPSA) is 53.0 Å². The maximum absolute atomic E-state index is 8.11. The molecule has 2 N–H and O–H groups in total. The number of hydrogen-bond acceptors (Lipinski definition) is 3. The lowest BCUT2D eigenvalue weighted by Crippen LogP contribution is -2.06. The van der Waals surface area contributed by atoms with Gasteiger partial charge in [-0.05, 0) is 0 Å². The van der Waals surface area contributed by atoms with Crippen molar-refractivity contribution in [2.45, 2.75) is 0 Å². The van der Waals surface area contributed by atoms with Crippen LogP contribution in [0.1, 0.15) is 0 Å². The van der Waals surface area contributed by atoms with E-state index < -0.39 is 0 Å². The first-order chi connectivity index (χ1) is 3.66. The van der Waals surface area contributed by atoms with Gasteiger partial charge in [-0.2, -0.15) is 5.26 Å². The van der Waals surface area contributed by atoms with Gasteiger partial charge in [0, 0.05) is 20.3 Å². The Morgan fingerprint density at radius 3 is 2.38 bits per heavy atom. The minimum absolute atomic E-state index is 0.231. The highest BCUT2D eigenvalue weighted by atomic mass is 15.0. The average Bonchev–Trinajstić information content (AvgIpc) is 1.65. The van der Waals surface area contributed by atoms with Gasteiger partial charge in [0.15, 0.2) is 0 Å². The van der Waals surface area contributed by atoms with Gasteiger partial charge in [0.25, 0.3) is 0 Å². The van der Waals surface area contributed by atoms with E-state index in [0.717, 1.165) is 0 Å². The van der Waals surface area contributed by atoms with Crippen LogP contribution in [-0.2, 0) is 0 Å². The molecule has 0 heterocycles. The fraction of sp³-hybridized carbons (Fsp3) is 0.400. The van der Waals surface area contributed by atoms with Crippen LogP contribution in [0.2, 0.25) is 0 Å². The fourth-order valence-electron chi connectivity index (χ4n) is 0.307. The maximum Gasteiger partial charge on any atom is 0.127 e. The third kappa shape index (κ3) is 3.04. The quantitative estimate of drug-likeness (QED) is 0.479. The summed E-state index contributed by atoms with van der Waals surface area (Å²) in [5.41, 5.74) is 5.36. The normalized spacial score (nSPS) is 10.4. The van der Waals surface area contributed by atoms with Gasteiger partial charge in [0.1, 0.15) is 11.8 Å². The predicted octanol–water partition coefficient (Wildman–Crippen LogP) is -0.128. The molecular weight excluding hydrogens is 102 g/mol. The van der Waals surface area contributed by atoms with Crippen LogP contribution in [-0.4, -0.2) is 19.0 Å². The Morgan fingerprint density at radius 2 is 2.25 bits per heavy atom. The Kier molecular flexibility index (Phi) is 2.49. The van der Waals surface area contributed by atoms with Crippen molar-refractivity contribution in [1.29, 1.82) is 5.26 Å². The summed E-state index contributed by atoms with van der Waals surface area (Å²) < 4.78 is 0.